The Morgan fingerprint density at radius 1 is 1.06 bits per heavy atom. The number of methoxy groups -OCH3 is 1. The zero-order chi connectivity index (χ0) is 24.1. The number of hydrogen-bond donors (Lipinski definition) is 1. The Labute approximate surface area is 198 Å². The van der Waals surface area contributed by atoms with Crippen molar-refractivity contribution in [3.8, 4) is 11.5 Å². The van der Waals surface area contributed by atoms with Crippen molar-refractivity contribution in [1.82, 2.24) is 9.88 Å². The summed E-state index contributed by atoms with van der Waals surface area (Å²) in [4.78, 5) is 31.9. The molecule has 7 nitrogen and oxygen atoms in total. The number of ketones is 1. The zero-order valence-electron chi connectivity index (χ0n) is 19.1. The van der Waals surface area contributed by atoms with Crippen molar-refractivity contribution in [3.05, 3.63) is 95.3 Å². The van der Waals surface area contributed by atoms with Gasteiger partial charge in [0.15, 0.2) is 11.5 Å². The van der Waals surface area contributed by atoms with Crippen LogP contribution in [-0.4, -0.2) is 40.4 Å². The van der Waals surface area contributed by atoms with Gasteiger partial charge in [-0.2, -0.15) is 0 Å². The molecule has 3 aromatic rings. The lowest BCUT2D eigenvalue weighted by atomic mass is 9.95. The highest BCUT2D eigenvalue weighted by Gasteiger charge is 2.46. The van der Waals surface area contributed by atoms with Crippen LogP contribution in [-0.2, 0) is 16.1 Å². The smallest absolute Gasteiger partial charge is 0.295 e. The van der Waals surface area contributed by atoms with Crippen LogP contribution < -0.4 is 9.47 Å². The normalized spacial score (nSPS) is 17.1. The first kappa shape index (κ1) is 23.0. The summed E-state index contributed by atoms with van der Waals surface area (Å²) in [5, 5.41) is 11.1. The number of Topliss-reactive ketones (excluding diaryl/α,β-unsaturated/α-hetero) is 1. The number of aromatic nitrogens is 1. The maximum absolute atomic E-state index is 13.2. The highest BCUT2D eigenvalue weighted by atomic mass is 16.5. The summed E-state index contributed by atoms with van der Waals surface area (Å²) in [5.74, 6) is -0.585. The molecule has 0 spiro atoms. The number of carbonyl (C=O) groups is 2. The van der Waals surface area contributed by atoms with Crippen LogP contribution in [0, 0.1) is 0 Å². The van der Waals surface area contributed by atoms with E-state index < -0.39 is 17.7 Å². The fourth-order valence-corrected chi connectivity index (χ4v) is 4.02. The largest absolute Gasteiger partial charge is 0.507 e. The maximum atomic E-state index is 13.2. The molecule has 34 heavy (non-hydrogen) atoms. The lowest BCUT2D eigenvalue weighted by Gasteiger charge is -2.26. The van der Waals surface area contributed by atoms with Crippen LogP contribution >= 0.6 is 0 Å². The number of amides is 1. The van der Waals surface area contributed by atoms with Crippen molar-refractivity contribution in [2.75, 3.05) is 13.7 Å². The Morgan fingerprint density at radius 3 is 2.53 bits per heavy atom. The molecule has 0 bridgehead atoms. The summed E-state index contributed by atoms with van der Waals surface area (Å²) in [6.45, 7) is 2.70. The van der Waals surface area contributed by atoms with E-state index in [4.69, 9.17) is 9.47 Å². The van der Waals surface area contributed by atoms with E-state index in [1.807, 2.05) is 19.1 Å². The van der Waals surface area contributed by atoms with Gasteiger partial charge in [0, 0.05) is 24.5 Å². The Morgan fingerprint density at radius 2 is 1.85 bits per heavy atom. The van der Waals surface area contributed by atoms with E-state index in [2.05, 4.69) is 4.98 Å². The number of benzene rings is 2. The standard InChI is InChI=1S/C27H26N2O5/c1-3-14-34-21-12-11-20(15-22(21)33-2)24-23(25(30)19-9-5-4-6-10-19)26(31)27(32)29(24)17-18-8-7-13-28-16-18/h4-13,15-16,24,30H,3,14,17H2,1-2H3/t24-/m0/s1. The predicted octanol–water partition coefficient (Wildman–Crippen LogP) is 4.50. The van der Waals surface area contributed by atoms with Gasteiger partial charge in [-0.1, -0.05) is 49.4 Å². The third-order valence-electron chi connectivity index (χ3n) is 5.63. The molecule has 1 aliphatic heterocycles. The van der Waals surface area contributed by atoms with E-state index in [0.29, 0.717) is 29.2 Å². The van der Waals surface area contributed by atoms with Crippen LogP contribution in [0.4, 0.5) is 0 Å². The topological polar surface area (TPSA) is 89.0 Å². The number of hydrogen-bond acceptors (Lipinski definition) is 6. The van der Waals surface area contributed by atoms with Crippen LogP contribution in [0.25, 0.3) is 5.76 Å². The molecule has 1 aromatic heterocycles. The molecule has 1 amide bonds. The summed E-state index contributed by atoms with van der Waals surface area (Å²) < 4.78 is 11.3. The van der Waals surface area contributed by atoms with Gasteiger partial charge in [0.2, 0.25) is 0 Å². The van der Waals surface area contributed by atoms with Crippen LogP contribution in [0.5, 0.6) is 11.5 Å². The van der Waals surface area contributed by atoms with Crippen molar-refractivity contribution in [2.45, 2.75) is 25.9 Å². The number of likely N-dealkylation sites (tertiary alicyclic amines) is 1. The Bertz CT molecular complexity index is 1210. The number of rotatable bonds is 8. The monoisotopic (exact) mass is 458 g/mol. The lowest BCUT2D eigenvalue weighted by Crippen LogP contribution is -2.29. The third-order valence-corrected chi connectivity index (χ3v) is 5.63. The van der Waals surface area contributed by atoms with Crippen LogP contribution in [0.15, 0.2) is 78.6 Å². The minimum absolute atomic E-state index is 0.0318. The molecule has 0 aliphatic carbocycles. The van der Waals surface area contributed by atoms with Gasteiger partial charge in [-0.3, -0.25) is 14.6 Å². The van der Waals surface area contributed by atoms with E-state index in [1.165, 1.54) is 12.0 Å². The van der Waals surface area contributed by atoms with Gasteiger partial charge in [-0.05, 0) is 35.7 Å². The first-order valence-corrected chi connectivity index (χ1v) is 11.1. The summed E-state index contributed by atoms with van der Waals surface area (Å²) >= 11 is 0. The van der Waals surface area contributed by atoms with Gasteiger partial charge in [0.25, 0.3) is 11.7 Å². The third kappa shape index (κ3) is 4.50. The highest BCUT2D eigenvalue weighted by Crippen LogP contribution is 2.42. The molecule has 1 saturated heterocycles. The molecule has 2 heterocycles. The summed E-state index contributed by atoms with van der Waals surface area (Å²) in [6.07, 6.45) is 4.13. The zero-order valence-corrected chi connectivity index (χ0v) is 19.1. The van der Waals surface area contributed by atoms with Gasteiger partial charge >= 0.3 is 0 Å². The van der Waals surface area contributed by atoms with E-state index in [0.717, 1.165) is 12.0 Å². The molecular weight excluding hydrogens is 432 g/mol. The summed E-state index contributed by atoms with van der Waals surface area (Å²) in [6, 6.07) is 16.8. The number of carbonyl (C=O) groups excluding carboxylic acids is 2. The van der Waals surface area contributed by atoms with E-state index in [-0.39, 0.29) is 17.9 Å². The van der Waals surface area contributed by atoms with E-state index in [9.17, 15) is 14.7 Å². The van der Waals surface area contributed by atoms with Crippen molar-refractivity contribution >= 4 is 17.4 Å². The van der Waals surface area contributed by atoms with Crippen LogP contribution in [0.1, 0.15) is 36.1 Å². The number of pyridine rings is 1. The Balaban J connectivity index is 1.85. The molecule has 1 atom stereocenters. The van der Waals surface area contributed by atoms with Gasteiger partial charge in [-0.25, -0.2) is 0 Å². The number of aliphatic hydroxyl groups excluding tert-OH is 1. The molecule has 174 valence electrons. The van der Waals surface area contributed by atoms with Crippen LogP contribution in [0.3, 0.4) is 0 Å². The van der Waals surface area contributed by atoms with Gasteiger partial charge < -0.3 is 19.5 Å². The minimum atomic E-state index is -0.811. The molecule has 2 aromatic carbocycles. The van der Waals surface area contributed by atoms with Gasteiger partial charge in [0.1, 0.15) is 5.76 Å². The molecule has 4 rings (SSSR count). The molecule has 1 N–H and O–H groups in total. The fraction of sp³-hybridized carbons (Fsp3) is 0.222. The van der Waals surface area contributed by atoms with Gasteiger partial charge in [0.05, 0.1) is 25.3 Å². The summed E-state index contributed by atoms with van der Waals surface area (Å²) in [7, 11) is 1.54. The average Bonchev–Trinajstić information content (AvgIpc) is 3.13. The van der Waals surface area contributed by atoms with Crippen LogP contribution in [0.2, 0.25) is 0 Å². The second-order valence-electron chi connectivity index (χ2n) is 7.91. The molecule has 1 aliphatic rings. The number of aliphatic hydroxyl groups is 1. The minimum Gasteiger partial charge on any atom is -0.507 e. The molecular formula is C27H26N2O5. The van der Waals surface area contributed by atoms with Crippen molar-refractivity contribution < 1.29 is 24.2 Å². The fourth-order valence-electron chi connectivity index (χ4n) is 4.02. The van der Waals surface area contributed by atoms with Gasteiger partial charge in [-0.15, -0.1) is 0 Å². The predicted molar refractivity (Wildman–Crippen MR) is 127 cm³/mol. The first-order chi connectivity index (χ1) is 16.5. The molecule has 1 fully saturated rings. The van der Waals surface area contributed by atoms with Crippen molar-refractivity contribution in [3.63, 3.8) is 0 Å². The molecule has 0 saturated carbocycles. The molecule has 7 heteroatoms. The average molecular weight is 459 g/mol. The SMILES string of the molecule is CCCOc1ccc([C@H]2C(=C(O)c3ccccc3)C(=O)C(=O)N2Cc2cccnc2)cc1OC. The first-order valence-electron chi connectivity index (χ1n) is 11.1. The molecule has 0 unspecified atom stereocenters. The lowest BCUT2D eigenvalue weighted by molar-refractivity contribution is -0.140. The van der Waals surface area contributed by atoms with E-state index in [1.54, 1.807) is 60.9 Å². The number of nitrogens with zero attached hydrogens (tertiary/aromatic N) is 2. The Hall–Kier alpha value is -4.13. The highest BCUT2D eigenvalue weighted by molar-refractivity contribution is 6.46. The second-order valence-corrected chi connectivity index (χ2v) is 7.91. The quantitative estimate of drug-likeness (QED) is 0.304. The second kappa shape index (κ2) is 10.2. The van der Waals surface area contributed by atoms with Crippen molar-refractivity contribution in [2.24, 2.45) is 0 Å². The van der Waals surface area contributed by atoms with Crippen molar-refractivity contribution in [1.29, 1.82) is 0 Å². The number of ether oxygens (including phenoxy) is 2. The summed E-state index contributed by atoms with van der Waals surface area (Å²) in [5.41, 5.74) is 1.89. The Kier molecular flexibility index (Phi) is 6.92. The van der Waals surface area contributed by atoms with E-state index >= 15 is 0 Å². The molecule has 0 radical (unpaired) electrons. The maximum Gasteiger partial charge on any atom is 0.295 e.